The number of amides is 1. The third-order valence-electron chi connectivity index (χ3n) is 4.65. The summed E-state index contributed by atoms with van der Waals surface area (Å²) in [6, 6.07) is 9.70. The Bertz CT molecular complexity index is 929. The van der Waals surface area contributed by atoms with E-state index in [9.17, 15) is 9.18 Å². The van der Waals surface area contributed by atoms with Gasteiger partial charge in [0.15, 0.2) is 0 Å². The third-order valence-corrected chi connectivity index (χ3v) is 4.65. The highest BCUT2D eigenvalue weighted by molar-refractivity contribution is 5.93. The van der Waals surface area contributed by atoms with Crippen molar-refractivity contribution in [3.05, 3.63) is 72.2 Å². The van der Waals surface area contributed by atoms with E-state index in [1.807, 2.05) is 11.0 Å². The lowest BCUT2D eigenvalue weighted by Crippen LogP contribution is -2.39. The SMILES string of the molecule is O=C(c1ccoc1)N1CCCC(c2ccnc(Nc3cccc(F)c3)n2)C1. The number of nitrogens with one attached hydrogen (secondary N) is 1. The average molecular weight is 366 g/mol. The molecule has 1 N–H and O–H groups in total. The maximum atomic E-state index is 13.4. The molecule has 1 aliphatic rings. The maximum Gasteiger partial charge on any atom is 0.257 e. The van der Waals surface area contributed by atoms with E-state index in [-0.39, 0.29) is 17.6 Å². The van der Waals surface area contributed by atoms with E-state index in [1.54, 1.807) is 24.4 Å². The van der Waals surface area contributed by atoms with Gasteiger partial charge in [-0.05, 0) is 43.2 Å². The van der Waals surface area contributed by atoms with Crippen LogP contribution in [0.1, 0.15) is 34.8 Å². The predicted octanol–water partition coefficient (Wildman–Crippen LogP) is 3.97. The number of furan rings is 1. The van der Waals surface area contributed by atoms with Crippen molar-refractivity contribution >= 4 is 17.5 Å². The number of likely N-dealkylation sites (tertiary alicyclic amines) is 1. The molecule has 27 heavy (non-hydrogen) atoms. The van der Waals surface area contributed by atoms with Crippen molar-refractivity contribution in [2.24, 2.45) is 0 Å². The summed E-state index contributed by atoms with van der Waals surface area (Å²) in [6.45, 7) is 1.32. The highest BCUT2D eigenvalue weighted by Gasteiger charge is 2.27. The predicted molar refractivity (Wildman–Crippen MR) is 98.3 cm³/mol. The molecule has 1 unspecified atom stereocenters. The van der Waals surface area contributed by atoms with Crippen LogP contribution in [0.2, 0.25) is 0 Å². The summed E-state index contributed by atoms with van der Waals surface area (Å²) in [5.41, 5.74) is 2.02. The van der Waals surface area contributed by atoms with Gasteiger partial charge in [-0.3, -0.25) is 4.79 Å². The highest BCUT2D eigenvalue weighted by atomic mass is 19.1. The van der Waals surface area contributed by atoms with Gasteiger partial charge in [0, 0.05) is 30.9 Å². The van der Waals surface area contributed by atoms with Crippen LogP contribution in [0, 0.1) is 5.82 Å². The molecule has 3 heterocycles. The summed E-state index contributed by atoms with van der Waals surface area (Å²) in [6.07, 6.45) is 6.51. The Hall–Kier alpha value is -3.22. The number of aromatic nitrogens is 2. The maximum absolute atomic E-state index is 13.4. The van der Waals surface area contributed by atoms with Gasteiger partial charge in [-0.1, -0.05) is 6.07 Å². The molecule has 0 spiro atoms. The minimum Gasteiger partial charge on any atom is -0.472 e. The highest BCUT2D eigenvalue weighted by Crippen LogP contribution is 2.27. The Morgan fingerprint density at radius 2 is 2.22 bits per heavy atom. The molecule has 1 amide bonds. The largest absolute Gasteiger partial charge is 0.472 e. The van der Waals surface area contributed by atoms with Crippen LogP contribution in [-0.4, -0.2) is 33.9 Å². The number of piperidine rings is 1. The van der Waals surface area contributed by atoms with Crippen molar-refractivity contribution < 1.29 is 13.6 Å². The molecule has 1 aromatic carbocycles. The smallest absolute Gasteiger partial charge is 0.257 e. The van der Waals surface area contributed by atoms with E-state index in [4.69, 9.17) is 4.42 Å². The van der Waals surface area contributed by atoms with E-state index in [1.165, 1.54) is 24.7 Å². The van der Waals surface area contributed by atoms with Crippen LogP contribution in [0.5, 0.6) is 0 Å². The number of rotatable bonds is 4. The number of halogens is 1. The van der Waals surface area contributed by atoms with Crippen LogP contribution in [0.15, 0.2) is 59.5 Å². The summed E-state index contributed by atoms with van der Waals surface area (Å²) >= 11 is 0. The number of carbonyl (C=O) groups is 1. The fourth-order valence-corrected chi connectivity index (χ4v) is 3.33. The summed E-state index contributed by atoms with van der Waals surface area (Å²) in [7, 11) is 0. The second-order valence-corrected chi connectivity index (χ2v) is 6.54. The molecule has 1 atom stereocenters. The van der Waals surface area contributed by atoms with Crippen LogP contribution < -0.4 is 5.32 Å². The molecular weight excluding hydrogens is 347 g/mol. The summed E-state index contributed by atoms with van der Waals surface area (Å²) < 4.78 is 18.4. The zero-order valence-electron chi connectivity index (χ0n) is 14.6. The lowest BCUT2D eigenvalue weighted by molar-refractivity contribution is 0.0705. The van der Waals surface area contributed by atoms with Gasteiger partial charge >= 0.3 is 0 Å². The topological polar surface area (TPSA) is 71.3 Å². The number of nitrogens with zero attached hydrogens (tertiary/aromatic N) is 3. The first-order valence-electron chi connectivity index (χ1n) is 8.86. The number of hydrogen-bond acceptors (Lipinski definition) is 5. The van der Waals surface area contributed by atoms with E-state index >= 15 is 0 Å². The molecular formula is C20H19FN4O2. The Kier molecular flexibility index (Phi) is 4.82. The zero-order valence-corrected chi connectivity index (χ0v) is 14.6. The lowest BCUT2D eigenvalue weighted by Gasteiger charge is -2.32. The van der Waals surface area contributed by atoms with Gasteiger partial charge < -0.3 is 14.6 Å². The second kappa shape index (κ2) is 7.57. The van der Waals surface area contributed by atoms with Gasteiger partial charge in [-0.15, -0.1) is 0 Å². The van der Waals surface area contributed by atoms with E-state index in [2.05, 4.69) is 15.3 Å². The molecule has 0 aliphatic carbocycles. The molecule has 0 radical (unpaired) electrons. The van der Waals surface area contributed by atoms with Crippen molar-refractivity contribution in [2.75, 3.05) is 18.4 Å². The molecule has 0 bridgehead atoms. The normalized spacial score (nSPS) is 16.9. The van der Waals surface area contributed by atoms with Gasteiger partial charge in [0.25, 0.3) is 5.91 Å². The molecule has 1 saturated heterocycles. The molecule has 138 valence electrons. The fraction of sp³-hybridized carbons (Fsp3) is 0.250. The first-order chi connectivity index (χ1) is 13.2. The molecule has 0 saturated carbocycles. The number of anilines is 2. The Morgan fingerprint density at radius 1 is 1.30 bits per heavy atom. The first kappa shape index (κ1) is 17.2. The number of hydrogen-bond donors (Lipinski definition) is 1. The fourth-order valence-electron chi connectivity index (χ4n) is 3.33. The van der Waals surface area contributed by atoms with Crippen molar-refractivity contribution in [3.63, 3.8) is 0 Å². The molecule has 7 heteroatoms. The van der Waals surface area contributed by atoms with E-state index in [0.717, 1.165) is 25.1 Å². The van der Waals surface area contributed by atoms with Crippen molar-refractivity contribution in [3.8, 4) is 0 Å². The quantitative estimate of drug-likeness (QED) is 0.756. The monoisotopic (exact) mass is 366 g/mol. The van der Waals surface area contributed by atoms with Crippen molar-refractivity contribution in [1.29, 1.82) is 0 Å². The van der Waals surface area contributed by atoms with Gasteiger partial charge in [-0.25, -0.2) is 14.4 Å². The minimum atomic E-state index is -0.322. The Morgan fingerprint density at radius 3 is 3.04 bits per heavy atom. The molecule has 6 nitrogen and oxygen atoms in total. The van der Waals surface area contributed by atoms with Gasteiger partial charge in [-0.2, -0.15) is 0 Å². The Labute approximate surface area is 156 Å². The van der Waals surface area contributed by atoms with Gasteiger partial charge in [0.1, 0.15) is 12.1 Å². The van der Waals surface area contributed by atoms with Crippen LogP contribution in [0.4, 0.5) is 16.0 Å². The van der Waals surface area contributed by atoms with Crippen LogP contribution in [0.3, 0.4) is 0 Å². The van der Waals surface area contributed by atoms with Crippen LogP contribution in [0.25, 0.3) is 0 Å². The first-order valence-corrected chi connectivity index (χ1v) is 8.86. The third kappa shape index (κ3) is 3.97. The standard InChI is InChI=1S/C20H19FN4O2/c21-16-4-1-5-17(11-16)23-20-22-8-6-18(24-20)14-3-2-9-25(12-14)19(26)15-7-10-27-13-15/h1,4-8,10-11,13-14H,2-3,9,12H2,(H,22,23,24). The van der Waals surface area contributed by atoms with Gasteiger partial charge in [0.2, 0.25) is 5.95 Å². The van der Waals surface area contributed by atoms with Crippen LogP contribution >= 0.6 is 0 Å². The molecule has 1 aliphatic heterocycles. The van der Waals surface area contributed by atoms with Crippen molar-refractivity contribution in [1.82, 2.24) is 14.9 Å². The lowest BCUT2D eigenvalue weighted by atomic mass is 9.94. The molecule has 3 aromatic rings. The second-order valence-electron chi connectivity index (χ2n) is 6.54. The average Bonchev–Trinajstić information content (AvgIpc) is 3.23. The molecule has 1 fully saturated rings. The molecule has 4 rings (SSSR count). The summed E-state index contributed by atoms with van der Waals surface area (Å²) in [4.78, 5) is 23.2. The zero-order chi connectivity index (χ0) is 18.6. The van der Waals surface area contributed by atoms with Crippen molar-refractivity contribution in [2.45, 2.75) is 18.8 Å². The summed E-state index contributed by atoms with van der Waals surface area (Å²) in [5, 5.41) is 3.03. The van der Waals surface area contributed by atoms with Crippen LogP contribution in [-0.2, 0) is 0 Å². The van der Waals surface area contributed by atoms with E-state index in [0.29, 0.717) is 23.7 Å². The van der Waals surface area contributed by atoms with Gasteiger partial charge in [0.05, 0.1) is 17.5 Å². The Balaban J connectivity index is 1.48. The molecule has 2 aromatic heterocycles. The number of benzene rings is 1. The number of carbonyl (C=O) groups excluding carboxylic acids is 1. The summed E-state index contributed by atoms with van der Waals surface area (Å²) in [5.74, 6) is 0.194. The van der Waals surface area contributed by atoms with E-state index < -0.39 is 0 Å². The minimum absolute atomic E-state index is 0.0272.